The van der Waals surface area contributed by atoms with Gasteiger partial charge in [0.25, 0.3) is 5.91 Å². The average molecular weight is 399 g/mol. The summed E-state index contributed by atoms with van der Waals surface area (Å²) in [4.78, 5) is 15.6. The largest absolute Gasteiger partial charge is 0.494 e. The predicted octanol–water partition coefficient (Wildman–Crippen LogP) is 4.97. The van der Waals surface area contributed by atoms with Crippen LogP contribution >= 0.6 is 11.3 Å². The monoisotopic (exact) mass is 398 g/mol. The number of amides is 1. The summed E-state index contributed by atoms with van der Waals surface area (Å²) in [5, 5.41) is 3.58. The van der Waals surface area contributed by atoms with Crippen molar-refractivity contribution in [1.82, 2.24) is 5.32 Å². The number of nitrogens with zero attached hydrogens (tertiary/aromatic N) is 1. The van der Waals surface area contributed by atoms with E-state index in [1.165, 1.54) is 55.5 Å². The third kappa shape index (κ3) is 3.83. The molecular weight excluding hydrogens is 375 g/mol. The zero-order valence-electron chi connectivity index (χ0n) is 15.8. The molecule has 1 aliphatic heterocycles. The first-order chi connectivity index (χ1) is 13.7. The van der Waals surface area contributed by atoms with Crippen molar-refractivity contribution in [3.8, 4) is 5.75 Å². The minimum absolute atomic E-state index is 0.210. The number of benzene rings is 2. The van der Waals surface area contributed by atoms with E-state index in [4.69, 9.17) is 4.74 Å². The molecule has 28 heavy (non-hydrogen) atoms. The van der Waals surface area contributed by atoms with E-state index in [1.807, 2.05) is 0 Å². The van der Waals surface area contributed by atoms with Crippen LogP contribution in [0.3, 0.4) is 0 Å². The zero-order chi connectivity index (χ0) is 19.5. The Kier molecular flexibility index (Phi) is 5.48. The maximum Gasteiger partial charge on any atom is 0.265 e. The second-order valence-corrected chi connectivity index (χ2v) is 8.05. The van der Waals surface area contributed by atoms with Crippen LogP contribution in [0.5, 0.6) is 5.75 Å². The van der Waals surface area contributed by atoms with Crippen molar-refractivity contribution in [2.24, 2.45) is 0 Å². The van der Waals surface area contributed by atoms with Crippen molar-refractivity contribution >= 4 is 33.0 Å². The molecular formula is C22H23FN2O2S. The Hall–Kier alpha value is -2.60. The van der Waals surface area contributed by atoms with Gasteiger partial charge in [-0.15, -0.1) is 11.3 Å². The number of methoxy groups -OCH3 is 1. The first-order valence-electron chi connectivity index (χ1n) is 9.54. The standard InChI is InChI=1S/C22H23FN2O2S/c1-27-20-18-13-16(23)7-10-19(18)28-21(20)22(26)24-14-15-5-8-17(9-6-15)25-11-3-2-4-12-25/h5-10,13H,2-4,11-12,14H2,1H3,(H,24,26). The first kappa shape index (κ1) is 18.7. The molecule has 146 valence electrons. The summed E-state index contributed by atoms with van der Waals surface area (Å²) in [6, 6.07) is 12.8. The van der Waals surface area contributed by atoms with Gasteiger partial charge in [-0.1, -0.05) is 12.1 Å². The Morgan fingerprint density at radius 2 is 1.89 bits per heavy atom. The number of thiophene rings is 1. The number of hydrogen-bond donors (Lipinski definition) is 1. The summed E-state index contributed by atoms with van der Waals surface area (Å²) in [7, 11) is 1.50. The van der Waals surface area contributed by atoms with E-state index in [0.717, 1.165) is 23.4 Å². The summed E-state index contributed by atoms with van der Waals surface area (Å²) < 4.78 is 19.8. The van der Waals surface area contributed by atoms with E-state index >= 15 is 0 Å². The highest BCUT2D eigenvalue weighted by Crippen LogP contribution is 2.38. The number of anilines is 1. The molecule has 0 aliphatic carbocycles. The molecule has 0 unspecified atom stereocenters. The van der Waals surface area contributed by atoms with Crippen LogP contribution in [-0.2, 0) is 6.54 Å². The molecule has 6 heteroatoms. The van der Waals surface area contributed by atoms with Gasteiger partial charge in [-0.2, -0.15) is 0 Å². The first-order valence-corrected chi connectivity index (χ1v) is 10.4. The second-order valence-electron chi connectivity index (χ2n) is 7.00. The lowest BCUT2D eigenvalue weighted by Crippen LogP contribution is -2.29. The third-order valence-corrected chi connectivity index (χ3v) is 6.28. The van der Waals surface area contributed by atoms with Gasteiger partial charge in [0.2, 0.25) is 0 Å². The minimum Gasteiger partial charge on any atom is -0.494 e. The molecule has 1 saturated heterocycles. The van der Waals surface area contributed by atoms with Crippen molar-refractivity contribution in [2.75, 3.05) is 25.1 Å². The Morgan fingerprint density at radius 1 is 1.14 bits per heavy atom. The summed E-state index contributed by atoms with van der Waals surface area (Å²) in [5.74, 6) is -0.125. The number of ether oxygens (including phenoxy) is 1. The van der Waals surface area contributed by atoms with E-state index in [0.29, 0.717) is 22.6 Å². The van der Waals surface area contributed by atoms with E-state index in [1.54, 1.807) is 6.07 Å². The number of fused-ring (bicyclic) bond motifs is 1. The predicted molar refractivity (Wildman–Crippen MR) is 112 cm³/mol. The topological polar surface area (TPSA) is 41.6 Å². The van der Waals surface area contributed by atoms with Crippen LogP contribution in [0.1, 0.15) is 34.5 Å². The van der Waals surface area contributed by atoms with E-state index in [-0.39, 0.29) is 11.7 Å². The van der Waals surface area contributed by atoms with Gasteiger partial charge in [0, 0.05) is 35.4 Å². The maximum absolute atomic E-state index is 13.5. The number of halogens is 1. The second kappa shape index (κ2) is 8.19. The molecule has 4 rings (SSSR count). The number of rotatable bonds is 5. The van der Waals surface area contributed by atoms with Gasteiger partial charge in [0.05, 0.1) is 7.11 Å². The number of carbonyl (C=O) groups excluding carboxylic acids is 1. The van der Waals surface area contributed by atoms with Crippen LogP contribution in [-0.4, -0.2) is 26.1 Å². The van der Waals surface area contributed by atoms with Crippen LogP contribution in [0, 0.1) is 5.82 Å². The SMILES string of the molecule is COc1c(C(=O)NCc2ccc(N3CCCCC3)cc2)sc2ccc(F)cc12. The highest BCUT2D eigenvalue weighted by atomic mass is 32.1. The summed E-state index contributed by atoms with van der Waals surface area (Å²) in [5.41, 5.74) is 2.28. The normalized spacial score (nSPS) is 14.3. The van der Waals surface area contributed by atoms with Gasteiger partial charge in [0.1, 0.15) is 16.4 Å². The van der Waals surface area contributed by atoms with Gasteiger partial charge in [-0.05, 0) is 55.2 Å². The summed E-state index contributed by atoms with van der Waals surface area (Å²) in [6.07, 6.45) is 3.81. The summed E-state index contributed by atoms with van der Waals surface area (Å²) >= 11 is 1.31. The quantitative estimate of drug-likeness (QED) is 0.660. The highest BCUT2D eigenvalue weighted by molar-refractivity contribution is 7.21. The van der Waals surface area contributed by atoms with Crippen LogP contribution in [0.4, 0.5) is 10.1 Å². The molecule has 0 radical (unpaired) electrons. The van der Waals surface area contributed by atoms with Gasteiger partial charge >= 0.3 is 0 Å². The lowest BCUT2D eigenvalue weighted by atomic mass is 10.1. The molecule has 1 aliphatic rings. The lowest BCUT2D eigenvalue weighted by Gasteiger charge is -2.28. The van der Waals surface area contributed by atoms with Crippen molar-refractivity contribution in [3.63, 3.8) is 0 Å². The van der Waals surface area contributed by atoms with Gasteiger partial charge < -0.3 is 15.0 Å². The Labute approximate surface area is 167 Å². The van der Waals surface area contributed by atoms with Gasteiger partial charge in [-0.25, -0.2) is 4.39 Å². The molecule has 4 nitrogen and oxygen atoms in total. The number of piperidine rings is 1. The Bertz CT molecular complexity index is 978. The number of carbonyl (C=O) groups is 1. The van der Waals surface area contributed by atoms with Gasteiger partial charge in [0.15, 0.2) is 0 Å². The maximum atomic E-state index is 13.5. The zero-order valence-corrected chi connectivity index (χ0v) is 16.7. The van der Waals surface area contributed by atoms with Crippen molar-refractivity contribution in [3.05, 3.63) is 58.7 Å². The molecule has 0 spiro atoms. The molecule has 0 saturated carbocycles. The number of nitrogens with one attached hydrogen (secondary N) is 1. The molecule has 0 bridgehead atoms. The molecule has 2 heterocycles. The molecule has 1 amide bonds. The summed E-state index contributed by atoms with van der Waals surface area (Å²) in [6.45, 7) is 2.66. The molecule has 2 aromatic carbocycles. The Morgan fingerprint density at radius 3 is 2.61 bits per heavy atom. The molecule has 1 N–H and O–H groups in total. The fraction of sp³-hybridized carbons (Fsp3) is 0.318. The van der Waals surface area contributed by atoms with Crippen molar-refractivity contribution in [1.29, 1.82) is 0 Å². The molecule has 1 fully saturated rings. The minimum atomic E-state index is -0.343. The lowest BCUT2D eigenvalue weighted by molar-refractivity contribution is 0.0952. The molecule has 1 aromatic heterocycles. The van der Waals surface area contributed by atoms with E-state index in [2.05, 4.69) is 34.5 Å². The average Bonchev–Trinajstić information content (AvgIpc) is 3.11. The van der Waals surface area contributed by atoms with Crippen LogP contribution in [0.25, 0.3) is 10.1 Å². The van der Waals surface area contributed by atoms with Crippen LogP contribution in [0.15, 0.2) is 42.5 Å². The van der Waals surface area contributed by atoms with Gasteiger partial charge in [-0.3, -0.25) is 4.79 Å². The van der Waals surface area contributed by atoms with E-state index < -0.39 is 0 Å². The fourth-order valence-corrected chi connectivity index (χ4v) is 4.71. The Balaban J connectivity index is 1.45. The highest BCUT2D eigenvalue weighted by Gasteiger charge is 2.19. The van der Waals surface area contributed by atoms with Crippen molar-refractivity contribution in [2.45, 2.75) is 25.8 Å². The molecule has 0 atom stereocenters. The number of hydrogen-bond acceptors (Lipinski definition) is 4. The van der Waals surface area contributed by atoms with Crippen molar-refractivity contribution < 1.29 is 13.9 Å². The van der Waals surface area contributed by atoms with Crippen LogP contribution < -0.4 is 15.0 Å². The fourth-order valence-electron chi connectivity index (χ4n) is 3.64. The van der Waals surface area contributed by atoms with E-state index in [9.17, 15) is 9.18 Å². The smallest absolute Gasteiger partial charge is 0.265 e. The molecule has 3 aromatic rings. The third-order valence-electron chi connectivity index (χ3n) is 5.13. The van der Waals surface area contributed by atoms with Crippen LogP contribution in [0.2, 0.25) is 0 Å².